The summed E-state index contributed by atoms with van der Waals surface area (Å²) >= 11 is 9.35. The minimum atomic E-state index is 0.662. The molecular formula is C21H23ClN2OS2. The summed E-state index contributed by atoms with van der Waals surface area (Å²) in [5, 5.41) is 3.72. The largest absolute Gasteiger partial charge is 0.491 e. The molecule has 0 aliphatic heterocycles. The van der Waals surface area contributed by atoms with Crippen LogP contribution in [0.5, 0.6) is 5.75 Å². The molecule has 3 aromatic rings. The molecule has 1 aromatic heterocycles. The van der Waals surface area contributed by atoms with E-state index in [1.807, 2.05) is 48.0 Å². The fourth-order valence-electron chi connectivity index (χ4n) is 2.73. The molecule has 0 aliphatic rings. The minimum absolute atomic E-state index is 0.662. The van der Waals surface area contributed by atoms with E-state index in [-0.39, 0.29) is 0 Å². The van der Waals surface area contributed by atoms with E-state index in [0.29, 0.717) is 6.61 Å². The van der Waals surface area contributed by atoms with Crippen LogP contribution in [-0.2, 0) is 0 Å². The lowest BCUT2D eigenvalue weighted by Crippen LogP contribution is -2.28. The second-order valence-electron chi connectivity index (χ2n) is 5.90. The molecule has 0 unspecified atom stereocenters. The van der Waals surface area contributed by atoms with Gasteiger partial charge in [-0.1, -0.05) is 43.3 Å². The molecule has 0 atom stereocenters. The molecule has 3 nitrogen and oxygen atoms in total. The summed E-state index contributed by atoms with van der Waals surface area (Å²) in [6.45, 7) is 7.99. The van der Waals surface area contributed by atoms with Crippen LogP contribution in [0.25, 0.3) is 10.6 Å². The quantitative estimate of drug-likeness (QED) is 0.405. The van der Waals surface area contributed by atoms with Gasteiger partial charge < -0.3 is 9.64 Å². The zero-order valence-electron chi connectivity index (χ0n) is 15.5. The van der Waals surface area contributed by atoms with E-state index in [1.54, 1.807) is 23.1 Å². The topological polar surface area (TPSA) is 25.4 Å². The maximum Gasteiger partial charge on any atom is 0.130 e. The van der Waals surface area contributed by atoms with Gasteiger partial charge in [-0.3, -0.25) is 0 Å². The Morgan fingerprint density at radius 1 is 1.11 bits per heavy atom. The highest BCUT2D eigenvalue weighted by atomic mass is 35.5. The molecule has 1 heterocycles. The van der Waals surface area contributed by atoms with Crippen molar-refractivity contribution in [3.05, 3.63) is 59.1 Å². The van der Waals surface area contributed by atoms with Crippen molar-refractivity contribution >= 4 is 34.7 Å². The molecule has 142 valence electrons. The highest BCUT2D eigenvalue weighted by Crippen LogP contribution is 2.42. The van der Waals surface area contributed by atoms with Crippen LogP contribution in [0, 0.1) is 0 Å². The number of ether oxygens (including phenoxy) is 1. The van der Waals surface area contributed by atoms with Gasteiger partial charge in [-0.2, -0.15) is 0 Å². The summed E-state index contributed by atoms with van der Waals surface area (Å²) < 4.78 is 6.18. The summed E-state index contributed by atoms with van der Waals surface area (Å²) in [5.74, 6) is 0.885. The van der Waals surface area contributed by atoms with E-state index in [2.05, 4.69) is 29.8 Å². The number of rotatable bonds is 9. The number of halogens is 1. The van der Waals surface area contributed by atoms with E-state index in [9.17, 15) is 0 Å². The predicted octanol–water partition coefficient (Wildman–Crippen LogP) is 6.34. The summed E-state index contributed by atoms with van der Waals surface area (Å²) in [6.07, 6.45) is 1.84. The molecule has 27 heavy (non-hydrogen) atoms. The number of aromatic nitrogens is 1. The van der Waals surface area contributed by atoms with E-state index in [4.69, 9.17) is 16.3 Å². The monoisotopic (exact) mass is 418 g/mol. The second kappa shape index (κ2) is 10.1. The van der Waals surface area contributed by atoms with Crippen LogP contribution in [-0.4, -0.2) is 36.1 Å². The van der Waals surface area contributed by atoms with Crippen LogP contribution in [0.1, 0.15) is 13.8 Å². The van der Waals surface area contributed by atoms with Gasteiger partial charge in [0.1, 0.15) is 17.4 Å². The fourth-order valence-corrected chi connectivity index (χ4v) is 4.59. The van der Waals surface area contributed by atoms with Crippen LogP contribution in [0.4, 0.5) is 0 Å². The van der Waals surface area contributed by atoms with Crippen LogP contribution < -0.4 is 4.74 Å². The summed E-state index contributed by atoms with van der Waals surface area (Å²) in [7, 11) is 0. The van der Waals surface area contributed by atoms with Crippen molar-refractivity contribution in [1.82, 2.24) is 9.88 Å². The highest BCUT2D eigenvalue weighted by molar-refractivity contribution is 7.99. The third-order valence-corrected chi connectivity index (χ3v) is 6.35. The van der Waals surface area contributed by atoms with Gasteiger partial charge in [-0.15, -0.1) is 11.3 Å². The fraction of sp³-hybridized carbons (Fsp3) is 0.286. The van der Waals surface area contributed by atoms with Crippen LogP contribution in [0.2, 0.25) is 5.02 Å². The van der Waals surface area contributed by atoms with Gasteiger partial charge in [-0.25, -0.2) is 4.98 Å². The maximum absolute atomic E-state index is 6.18. The van der Waals surface area contributed by atoms with E-state index in [0.717, 1.165) is 50.8 Å². The highest BCUT2D eigenvalue weighted by Gasteiger charge is 2.16. The van der Waals surface area contributed by atoms with Crippen molar-refractivity contribution in [2.45, 2.75) is 23.6 Å². The first-order valence-electron chi connectivity index (χ1n) is 9.02. The smallest absolute Gasteiger partial charge is 0.130 e. The first-order chi connectivity index (χ1) is 13.2. The Balaban J connectivity index is 1.86. The van der Waals surface area contributed by atoms with Gasteiger partial charge in [0.25, 0.3) is 0 Å². The molecule has 0 saturated carbocycles. The Morgan fingerprint density at radius 2 is 1.89 bits per heavy atom. The lowest BCUT2D eigenvalue weighted by atomic mass is 10.2. The van der Waals surface area contributed by atoms with Crippen molar-refractivity contribution in [3.8, 4) is 16.3 Å². The average Bonchev–Trinajstić information content (AvgIpc) is 3.21. The first-order valence-corrected chi connectivity index (χ1v) is 11.1. The molecule has 0 bridgehead atoms. The third-order valence-electron chi connectivity index (χ3n) is 4.24. The third kappa shape index (κ3) is 5.48. The van der Waals surface area contributed by atoms with Gasteiger partial charge in [0, 0.05) is 32.9 Å². The van der Waals surface area contributed by atoms with Crippen LogP contribution in [0.15, 0.2) is 63.8 Å². The number of likely N-dealkylation sites (N-methyl/N-ethyl adjacent to an activating group) is 1. The van der Waals surface area contributed by atoms with Crippen molar-refractivity contribution in [3.63, 3.8) is 0 Å². The predicted molar refractivity (Wildman–Crippen MR) is 116 cm³/mol. The molecule has 6 heteroatoms. The number of hydrogen-bond acceptors (Lipinski definition) is 5. The van der Waals surface area contributed by atoms with Gasteiger partial charge in [0.05, 0.1) is 5.56 Å². The normalized spacial score (nSPS) is 11.1. The Labute approximate surface area is 174 Å². The summed E-state index contributed by atoms with van der Waals surface area (Å²) in [6, 6.07) is 14.1. The lowest BCUT2D eigenvalue weighted by Gasteiger charge is -2.19. The molecule has 0 spiro atoms. The van der Waals surface area contributed by atoms with E-state index < -0.39 is 0 Å². The molecule has 0 saturated heterocycles. The molecule has 0 radical (unpaired) electrons. The average molecular weight is 419 g/mol. The van der Waals surface area contributed by atoms with Crippen molar-refractivity contribution in [2.24, 2.45) is 0 Å². The molecule has 2 aromatic carbocycles. The number of nitrogens with zero attached hydrogens (tertiary/aromatic N) is 2. The summed E-state index contributed by atoms with van der Waals surface area (Å²) in [4.78, 5) is 9.16. The zero-order valence-corrected chi connectivity index (χ0v) is 17.9. The van der Waals surface area contributed by atoms with Crippen molar-refractivity contribution in [2.75, 3.05) is 26.2 Å². The molecule has 3 rings (SSSR count). The van der Waals surface area contributed by atoms with Gasteiger partial charge in [0.15, 0.2) is 0 Å². The van der Waals surface area contributed by atoms with Gasteiger partial charge in [-0.05, 0) is 49.5 Å². The van der Waals surface area contributed by atoms with Crippen LogP contribution >= 0.6 is 34.7 Å². The molecule has 0 N–H and O–H groups in total. The second-order valence-corrected chi connectivity index (χ2v) is 8.34. The number of thiazole rings is 1. The molecule has 0 amide bonds. The Bertz CT molecular complexity index is 834. The molecular weight excluding hydrogens is 396 g/mol. The van der Waals surface area contributed by atoms with Crippen LogP contribution in [0.3, 0.4) is 0 Å². The Hall–Kier alpha value is -1.53. The lowest BCUT2D eigenvalue weighted by molar-refractivity contribution is 0.223. The minimum Gasteiger partial charge on any atom is -0.491 e. The SMILES string of the molecule is CCN(CC)CCOc1cccc(Sc2ccc(Cl)cc2)c1-c1nccs1. The van der Waals surface area contributed by atoms with E-state index in [1.165, 1.54) is 0 Å². The maximum atomic E-state index is 6.18. The molecule has 0 aliphatic carbocycles. The first kappa shape index (κ1) is 20.2. The van der Waals surface area contributed by atoms with Gasteiger partial charge in [0.2, 0.25) is 0 Å². The Kier molecular flexibility index (Phi) is 7.59. The number of hydrogen-bond donors (Lipinski definition) is 0. The number of benzene rings is 2. The van der Waals surface area contributed by atoms with Crippen molar-refractivity contribution < 1.29 is 4.74 Å². The van der Waals surface area contributed by atoms with Gasteiger partial charge >= 0.3 is 0 Å². The summed E-state index contributed by atoms with van der Waals surface area (Å²) in [5.41, 5.74) is 1.06. The Morgan fingerprint density at radius 3 is 2.56 bits per heavy atom. The van der Waals surface area contributed by atoms with E-state index >= 15 is 0 Å². The molecule has 0 fully saturated rings. The van der Waals surface area contributed by atoms with Crippen molar-refractivity contribution in [1.29, 1.82) is 0 Å². The standard InChI is InChI=1S/C21H23ClN2OS2/c1-3-24(4-2)13-14-25-18-6-5-7-19(20(18)21-23-12-15-26-21)27-17-10-8-16(22)9-11-17/h5-12,15H,3-4,13-14H2,1-2H3. The zero-order chi connectivity index (χ0) is 19.1.